The first-order chi connectivity index (χ1) is 15.1. The molecule has 0 aliphatic carbocycles. The minimum atomic E-state index is -3.43. The molecule has 1 saturated heterocycles. The van der Waals surface area contributed by atoms with Crippen LogP contribution in [0.1, 0.15) is 41.6 Å². The first-order valence-electron chi connectivity index (χ1n) is 10.9. The average molecular weight is 437 g/mol. The number of benzene rings is 3. The van der Waals surface area contributed by atoms with Gasteiger partial charge in [-0.2, -0.15) is 4.31 Å². The Hall–Kier alpha value is -2.70. The van der Waals surface area contributed by atoms with Crippen LogP contribution >= 0.6 is 0 Å². The van der Waals surface area contributed by atoms with Gasteiger partial charge in [0.15, 0.2) is 0 Å². The molecular weight excluding hydrogens is 408 g/mol. The van der Waals surface area contributed by atoms with E-state index in [0.29, 0.717) is 36.5 Å². The Morgan fingerprint density at radius 1 is 0.839 bits per heavy atom. The lowest BCUT2D eigenvalue weighted by atomic mass is 10.0. The van der Waals surface area contributed by atoms with E-state index in [4.69, 9.17) is 0 Å². The van der Waals surface area contributed by atoms with Crippen LogP contribution in [0.3, 0.4) is 0 Å². The summed E-state index contributed by atoms with van der Waals surface area (Å²) < 4.78 is 27.4. The highest BCUT2D eigenvalue weighted by molar-refractivity contribution is 7.89. The maximum Gasteiger partial charge on any atom is 0.251 e. The van der Waals surface area contributed by atoms with Gasteiger partial charge in [-0.1, -0.05) is 61.4 Å². The van der Waals surface area contributed by atoms with Gasteiger partial charge in [-0.15, -0.1) is 0 Å². The second-order valence-corrected chi connectivity index (χ2v) is 9.93. The molecule has 1 N–H and O–H groups in total. The quantitative estimate of drug-likeness (QED) is 0.624. The molecule has 6 heteroatoms. The van der Waals surface area contributed by atoms with Crippen molar-refractivity contribution in [2.45, 2.75) is 37.0 Å². The van der Waals surface area contributed by atoms with Crippen LogP contribution in [-0.2, 0) is 16.4 Å². The molecule has 0 saturated carbocycles. The van der Waals surface area contributed by atoms with Gasteiger partial charge < -0.3 is 5.32 Å². The molecule has 4 rings (SSSR count). The fourth-order valence-corrected chi connectivity index (χ4v) is 5.62. The number of carbonyl (C=O) groups is 1. The third-order valence-corrected chi connectivity index (χ3v) is 7.77. The Balaban J connectivity index is 1.37. The smallest absolute Gasteiger partial charge is 0.251 e. The Labute approximate surface area is 184 Å². The van der Waals surface area contributed by atoms with Crippen molar-refractivity contribution in [3.63, 3.8) is 0 Å². The summed E-state index contributed by atoms with van der Waals surface area (Å²) in [5.41, 5.74) is 1.66. The van der Waals surface area contributed by atoms with Crippen LogP contribution < -0.4 is 5.32 Å². The van der Waals surface area contributed by atoms with E-state index in [-0.39, 0.29) is 5.91 Å². The number of nitrogens with zero attached hydrogens (tertiary/aromatic N) is 1. The van der Waals surface area contributed by atoms with Gasteiger partial charge in [0.25, 0.3) is 5.91 Å². The normalized spacial score (nSPS) is 15.5. The number of hydrogen-bond donors (Lipinski definition) is 1. The van der Waals surface area contributed by atoms with E-state index >= 15 is 0 Å². The van der Waals surface area contributed by atoms with Crippen LogP contribution in [0.25, 0.3) is 10.8 Å². The van der Waals surface area contributed by atoms with E-state index < -0.39 is 10.0 Å². The molecule has 0 bridgehead atoms. The number of amides is 1. The molecule has 0 aromatic heterocycles. The minimum Gasteiger partial charge on any atom is -0.352 e. The molecule has 1 fully saturated rings. The van der Waals surface area contributed by atoms with Crippen LogP contribution in [0.4, 0.5) is 0 Å². The Morgan fingerprint density at radius 2 is 1.52 bits per heavy atom. The molecular formula is C25H28N2O3S. The van der Waals surface area contributed by atoms with E-state index in [9.17, 15) is 13.2 Å². The van der Waals surface area contributed by atoms with Crippen molar-refractivity contribution in [1.82, 2.24) is 9.62 Å². The summed E-state index contributed by atoms with van der Waals surface area (Å²) in [6.45, 7) is 1.69. The highest BCUT2D eigenvalue weighted by Crippen LogP contribution is 2.21. The summed E-state index contributed by atoms with van der Waals surface area (Å²) in [4.78, 5) is 13.0. The van der Waals surface area contributed by atoms with Crippen LogP contribution in [0, 0.1) is 0 Å². The van der Waals surface area contributed by atoms with Gasteiger partial charge in [-0.3, -0.25) is 4.79 Å². The molecule has 0 unspecified atom stereocenters. The average Bonchev–Trinajstić information content (AvgIpc) is 3.09. The predicted molar refractivity (Wildman–Crippen MR) is 124 cm³/mol. The maximum absolute atomic E-state index is 12.9. The highest BCUT2D eigenvalue weighted by atomic mass is 32.2. The van der Waals surface area contributed by atoms with Crippen LogP contribution in [0.5, 0.6) is 0 Å². The molecule has 1 aliphatic rings. The number of carbonyl (C=O) groups excluding carboxylic acids is 1. The van der Waals surface area contributed by atoms with Gasteiger partial charge in [-0.05, 0) is 53.8 Å². The zero-order valence-corrected chi connectivity index (χ0v) is 18.4. The summed E-state index contributed by atoms with van der Waals surface area (Å²) in [5, 5.41) is 4.95. The zero-order valence-electron chi connectivity index (χ0n) is 17.6. The lowest BCUT2D eigenvalue weighted by Crippen LogP contribution is -2.31. The molecule has 0 radical (unpaired) electrons. The first-order valence-corrected chi connectivity index (χ1v) is 12.3. The highest BCUT2D eigenvalue weighted by Gasteiger charge is 2.24. The van der Waals surface area contributed by atoms with E-state index in [0.717, 1.165) is 42.0 Å². The molecule has 1 amide bonds. The number of hydrogen-bond acceptors (Lipinski definition) is 3. The lowest BCUT2D eigenvalue weighted by Gasteiger charge is -2.20. The summed E-state index contributed by atoms with van der Waals surface area (Å²) in [6, 6.07) is 20.6. The van der Waals surface area contributed by atoms with E-state index in [1.807, 2.05) is 54.6 Å². The van der Waals surface area contributed by atoms with Gasteiger partial charge in [0.1, 0.15) is 0 Å². The molecule has 5 nitrogen and oxygen atoms in total. The molecule has 0 atom stereocenters. The summed E-state index contributed by atoms with van der Waals surface area (Å²) in [7, 11) is -3.43. The predicted octanol–water partition coefficient (Wildman–Crippen LogP) is 4.38. The zero-order chi connectivity index (χ0) is 21.7. The van der Waals surface area contributed by atoms with Gasteiger partial charge in [0, 0.05) is 25.2 Å². The number of sulfonamides is 1. The number of rotatable bonds is 6. The van der Waals surface area contributed by atoms with Crippen LogP contribution in [-0.4, -0.2) is 38.3 Å². The molecule has 3 aromatic carbocycles. The number of fused-ring (bicyclic) bond motifs is 1. The second-order valence-electron chi connectivity index (χ2n) is 7.99. The monoisotopic (exact) mass is 436 g/mol. The van der Waals surface area contributed by atoms with Crippen molar-refractivity contribution in [1.29, 1.82) is 0 Å². The first kappa shape index (κ1) is 21.5. The molecule has 1 aliphatic heterocycles. The molecule has 1 heterocycles. The van der Waals surface area contributed by atoms with Crippen molar-refractivity contribution in [3.05, 3.63) is 77.9 Å². The van der Waals surface area contributed by atoms with Gasteiger partial charge >= 0.3 is 0 Å². The van der Waals surface area contributed by atoms with Crippen molar-refractivity contribution >= 4 is 26.7 Å². The standard InChI is InChI=1S/C25H28N2O3S/c28-25(24-11-7-9-21-8-3-4-10-23(21)24)26-17-16-20-12-14-22(15-13-20)31(29,30)27-18-5-1-2-6-19-27/h3-4,7-15H,1-2,5-6,16-19H2,(H,26,28). The maximum atomic E-state index is 12.9. The van der Waals surface area contributed by atoms with Crippen molar-refractivity contribution in [3.8, 4) is 0 Å². The second kappa shape index (κ2) is 9.62. The Kier molecular flexibility index (Phi) is 6.68. The van der Waals surface area contributed by atoms with E-state index in [2.05, 4.69) is 5.32 Å². The third kappa shape index (κ3) is 4.97. The van der Waals surface area contributed by atoms with Gasteiger partial charge in [-0.25, -0.2) is 8.42 Å². The number of nitrogens with one attached hydrogen (secondary N) is 1. The molecule has 31 heavy (non-hydrogen) atoms. The summed E-state index contributed by atoms with van der Waals surface area (Å²) >= 11 is 0. The topological polar surface area (TPSA) is 66.5 Å². The van der Waals surface area contributed by atoms with Gasteiger partial charge in [0.05, 0.1) is 4.90 Å². The minimum absolute atomic E-state index is 0.0999. The fourth-order valence-electron chi connectivity index (χ4n) is 4.10. The largest absolute Gasteiger partial charge is 0.352 e. The SMILES string of the molecule is O=C(NCCc1ccc(S(=O)(=O)N2CCCCCC2)cc1)c1cccc2ccccc12. The fraction of sp³-hybridized carbons (Fsp3) is 0.320. The lowest BCUT2D eigenvalue weighted by molar-refractivity contribution is 0.0956. The van der Waals surface area contributed by atoms with Crippen LogP contribution in [0.15, 0.2) is 71.6 Å². The van der Waals surface area contributed by atoms with Crippen molar-refractivity contribution < 1.29 is 13.2 Å². The van der Waals surface area contributed by atoms with Gasteiger partial charge in [0.2, 0.25) is 10.0 Å². The van der Waals surface area contributed by atoms with E-state index in [1.165, 1.54) is 0 Å². The summed E-state index contributed by atoms with van der Waals surface area (Å²) in [5.74, 6) is -0.0999. The van der Waals surface area contributed by atoms with Crippen molar-refractivity contribution in [2.24, 2.45) is 0 Å². The Bertz CT molecular complexity index is 1140. The van der Waals surface area contributed by atoms with Crippen LogP contribution in [0.2, 0.25) is 0 Å². The third-order valence-electron chi connectivity index (χ3n) is 5.86. The van der Waals surface area contributed by atoms with E-state index in [1.54, 1.807) is 16.4 Å². The van der Waals surface area contributed by atoms with Crippen molar-refractivity contribution in [2.75, 3.05) is 19.6 Å². The molecule has 162 valence electrons. The molecule has 3 aromatic rings. The summed E-state index contributed by atoms with van der Waals surface area (Å²) in [6.07, 6.45) is 4.67. The Morgan fingerprint density at radius 3 is 2.26 bits per heavy atom. The molecule has 0 spiro atoms.